The highest BCUT2D eigenvalue weighted by molar-refractivity contribution is 5.71. The summed E-state index contributed by atoms with van der Waals surface area (Å²) >= 11 is 0. The fourth-order valence-corrected chi connectivity index (χ4v) is 5.13. The minimum atomic E-state index is -0.840. The van der Waals surface area contributed by atoms with Crippen LogP contribution in [0.25, 0.3) is 22.3 Å². The maximum absolute atomic E-state index is 15.1. The van der Waals surface area contributed by atoms with Crippen molar-refractivity contribution in [1.82, 2.24) is 0 Å². The summed E-state index contributed by atoms with van der Waals surface area (Å²) in [4.78, 5) is 0. The Morgan fingerprint density at radius 3 is 2.24 bits per heavy atom. The highest BCUT2D eigenvalue weighted by Crippen LogP contribution is 2.34. The molecule has 1 heterocycles. The number of hydrogen-bond donors (Lipinski definition) is 0. The van der Waals surface area contributed by atoms with Crippen LogP contribution in [0.2, 0.25) is 0 Å². The van der Waals surface area contributed by atoms with Crippen molar-refractivity contribution in [3.8, 4) is 22.3 Å². The van der Waals surface area contributed by atoms with Crippen LogP contribution in [0.1, 0.15) is 75.8 Å². The summed E-state index contributed by atoms with van der Waals surface area (Å²) in [6.45, 7) is 4.77. The summed E-state index contributed by atoms with van der Waals surface area (Å²) in [6, 6.07) is 15.8. The van der Waals surface area contributed by atoms with Gasteiger partial charge in [-0.05, 0) is 66.0 Å². The monoisotopic (exact) mass is 506 g/mol. The van der Waals surface area contributed by atoms with E-state index < -0.39 is 11.6 Å². The summed E-state index contributed by atoms with van der Waals surface area (Å²) in [5, 5.41) is 0. The lowest BCUT2D eigenvalue weighted by Gasteiger charge is -2.29. The normalized spacial score (nSPS) is 18.0. The zero-order valence-electron chi connectivity index (χ0n) is 21.9. The van der Waals surface area contributed by atoms with Gasteiger partial charge in [0.1, 0.15) is 5.82 Å². The van der Waals surface area contributed by atoms with Gasteiger partial charge < -0.3 is 4.74 Å². The van der Waals surface area contributed by atoms with Crippen LogP contribution in [0.5, 0.6) is 0 Å². The van der Waals surface area contributed by atoms with Gasteiger partial charge in [0.25, 0.3) is 0 Å². The molecule has 1 aliphatic heterocycles. The molecule has 1 aliphatic rings. The van der Waals surface area contributed by atoms with Crippen LogP contribution in [-0.2, 0) is 11.2 Å². The molecule has 2 unspecified atom stereocenters. The van der Waals surface area contributed by atoms with Gasteiger partial charge >= 0.3 is 0 Å². The van der Waals surface area contributed by atoms with E-state index in [0.717, 1.165) is 36.8 Å². The molecular formula is C33H37F3O. The van der Waals surface area contributed by atoms with Crippen molar-refractivity contribution in [3.05, 3.63) is 95.3 Å². The Balaban J connectivity index is 1.43. The number of allylic oxidation sites excluding steroid dienone is 2. The van der Waals surface area contributed by atoms with Crippen LogP contribution < -0.4 is 0 Å². The second-order valence-corrected chi connectivity index (χ2v) is 10.0. The van der Waals surface area contributed by atoms with Crippen LogP contribution in [0.3, 0.4) is 0 Å². The van der Waals surface area contributed by atoms with E-state index in [9.17, 15) is 8.78 Å². The van der Waals surface area contributed by atoms with Crippen LogP contribution in [0.4, 0.5) is 13.2 Å². The Morgan fingerprint density at radius 1 is 0.811 bits per heavy atom. The standard InChI is InChI=1S/C33H37F3O/c1-3-5-7-9-25-16-20-30(33(36)32(25)35)24-13-11-23(12-14-24)26-17-19-29(31(34)21-26)27-15-18-28(37-22-27)10-8-6-4-2/h5,7,11-14,16-17,19-21,27-28H,3-4,6,8-10,15,18,22H2,1-2H3/b7-5-. The molecule has 0 spiro atoms. The Labute approximate surface area is 219 Å². The largest absolute Gasteiger partial charge is 0.378 e. The number of ether oxygens (including phenoxy) is 1. The first-order chi connectivity index (χ1) is 18.0. The van der Waals surface area contributed by atoms with Gasteiger partial charge in [-0.3, -0.25) is 0 Å². The zero-order chi connectivity index (χ0) is 26.2. The number of benzene rings is 3. The molecule has 1 fully saturated rings. The molecule has 0 aromatic heterocycles. The maximum atomic E-state index is 15.1. The van der Waals surface area contributed by atoms with Gasteiger partial charge in [0.15, 0.2) is 11.6 Å². The highest BCUT2D eigenvalue weighted by atomic mass is 19.2. The Kier molecular flexibility index (Phi) is 9.62. The zero-order valence-corrected chi connectivity index (χ0v) is 21.9. The Morgan fingerprint density at radius 2 is 1.57 bits per heavy atom. The van der Waals surface area contributed by atoms with Crippen LogP contribution in [0, 0.1) is 17.5 Å². The molecule has 2 atom stereocenters. The predicted molar refractivity (Wildman–Crippen MR) is 146 cm³/mol. The Bertz CT molecular complexity index is 1190. The van der Waals surface area contributed by atoms with Crippen LogP contribution in [-0.4, -0.2) is 12.7 Å². The lowest BCUT2D eigenvalue weighted by Crippen LogP contribution is -2.25. The van der Waals surface area contributed by atoms with Crippen molar-refractivity contribution in [2.75, 3.05) is 6.61 Å². The molecule has 3 aromatic carbocycles. The van der Waals surface area contributed by atoms with Crippen LogP contribution in [0.15, 0.2) is 66.7 Å². The van der Waals surface area contributed by atoms with Crippen molar-refractivity contribution in [2.24, 2.45) is 0 Å². The molecule has 37 heavy (non-hydrogen) atoms. The third-order valence-electron chi connectivity index (χ3n) is 7.37. The van der Waals surface area contributed by atoms with Gasteiger partial charge in [-0.25, -0.2) is 13.2 Å². The fourth-order valence-electron chi connectivity index (χ4n) is 5.13. The van der Waals surface area contributed by atoms with E-state index in [4.69, 9.17) is 4.74 Å². The second-order valence-electron chi connectivity index (χ2n) is 10.0. The molecule has 4 heteroatoms. The van der Waals surface area contributed by atoms with Crippen molar-refractivity contribution in [3.63, 3.8) is 0 Å². The molecule has 0 saturated carbocycles. The average Bonchev–Trinajstić information content (AvgIpc) is 2.92. The topological polar surface area (TPSA) is 9.23 Å². The molecule has 0 amide bonds. The lowest BCUT2D eigenvalue weighted by molar-refractivity contribution is -0.00267. The van der Waals surface area contributed by atoms with Gasteiger partial charge in [0.2, 0.25) is 0 Å². The van der Waals surface area contributed by atoms with Crippen molar-refractivity contribution in [2.45, 2.75) is 77.2 Å². The quantitative estimate of drug-likeness (QED) is 0.196. The van der Waals surface area contributed by atoms with Gasteiger partial charge in [-0.15, -0.1) is 0 Å². The summed E-state index contributed by atoms with van der Waals surface area (Å²) in [5.74, 6) is -1.79. The molecule has 4 rings (SSSR count). The molecule has 1 nitrogen and oxygen atoms in total. The van der Waals surface area contributed by atoms with E-state index in [0.29, 0.717) is 35.8 Å². The van der Waals surface area contributed by atoms with E-state index >= 15 is 4.39 Å². The van der Waals surface area contributed by atoms with Crippen molar-refractivity contribution < 1.29 is 17.9 Å². The summed E-state index contributed by atoms with van der Waals surface area (Å²) in [7, 11) is 0. The first-order valence-corrected chi connectivity index (χ1v) is 13.7. The summed E-state index contributed by atoms with van der Waals surface area (Å²) in [5.41, 5.74) is 3.44. The third kappa shape index (κ3) is 6.73. The highest BCUT2D eigenvalue weighted by Gasteiger charge is 2.25. The first kappa shape index (κ1) is 27.2. The summed E-state index contributed by atoms with van der Waals surface area (Å²) < 4.78 is 50.5. The van der Waals surface area contributed by atoms with Gasteiger partial charge in [-0.1, -0.05) is 93.8 Å². The number of halogens is 3. The number of rotatable bonds is 10. The molecule has 0 bridgehead atoms. The molecular weight excluding hydrogens is 469 g/mol. The fraction of sp³-hybridized carbons (Fsp3) is 0.394. The van der Waals surface area contributed by atoms with E-state index in [1.165, 1.54) is 19.3 Å². The van der Waals surface area contributed by atoms with Crippen molar-refractivity contribution >= 4 is 0 Å². The SMILES string of the molecule is CC/C=C\Cc1ccc(-c2ccc(-c3ccc(C4CCC(CCCCC)OC4)c(F)c3)cc2)c(F)c1F. The number of unbranched alkanes of at least 4 members (excludes halogenated alkanes) is 2. The van der Waals surface area contributed by atoms with Crippen molar-refractivity contribution in [1.29, 1.82) is 0 Å². The van der Waals surface area contributed by atoms with E-state index in [1.54, 1.807) is 30.3 Å². The van der Waals surface area contributed by atoms with Gasteiger partial charge in [-0.2, -0.15) is 0 Å². The molecule has 0 N–H and O–H groups in total. The first-order valence-electron chi connectivity index (χ1n) is 13.7. The maximum Gasteiger partial charge on any atom is 0.166 e. The molecule has 0 radical (unpaired) electrons. The minimum Gasteiger partial charge on any atom is -0.378 e. The van der Waals surface area contributed by atoms with Gasteiger partial charge in [0, 0.05) is 11.5 Å². The Hall–Kier alpha value is -2.85. The van der Waals surface area contributed by atoms with Gasteiger partial charge in [0.05, 0.1) is 12.7 Å². The van der Waals surface area contributed by atoms with Crippen LogP contribution >= 0.6 is 0 Å². The molecule has 196 valence electrons. The van der Waals surface area contributed by atoms with E-state index in [1.807, 2.05) is 43.3 Å². The third-order valence-corrected chi connectivity index (χ3v) is 7.37. The van der Waals surface area contributed by atoms with E-state index in [2.05, 4.69) is 6.92 Å². The summed E-state index contributed by atoms with van der Waals surface area (Å²) in [6.07, 6.45) is 12.0. The smallest absolute Gasteiger partial charge is 0.166 e. The molecule has 0 aliphatic carbocycles. The van der Waals surface area contributed by atoms with E-state index in [-0.39, 0.29) is 17.3 Å². The minimum absolute atomic E-state index is 0.0807. The average molecular weight is 507 g/mol. The second kappa shape index (κ2) is 13.1. The molecule has 1 saturated heterocycles. The number of hydrogen-bond acceptors (Lipinski definition) is 1. The molecule has 3 aromatic rings. The lowest BCUT2D eigenvalue weighted by atomic mass is 9.88. The predicted octanol–water partition coefficient (Wildman–Crippen LogP) is 9.79.